The molecule has 202 valence electrons. The quantitative estimate of drug-likeness (QED) is 0.461. The molecule has 1 aliphatic heterocycles. The van der Waals surface area contributed by atoms with E-state index >= 15 is 8.78 Å². The van der Waals surface area contributed by atoms with Crippen LogP contribution >= 0.6 is 0 Å². The first-order valence-corrected chi connectivity index (χ1v) is 11.0. The third-order valence-electron chi connectivity index (χ3n) is 5.87. The van der Waals surface area contributed by atoms with E-state index in [1.165, 1.54) is 30.0 Å². The van der Waals surface area contributed by atoms with Gasteiger partial charge in [0.1, 0.15) is 34.9 Å². The molecule has 0 spiro atoms. The molecular weight excluding hydrogens is 519 g/mol. The number of nitrogens with zero attached hydrogens (tertiary/aromatic N) is 3. The fourth-order valence-electron chi connectivity index (χ4n) is 4.22. The normalized spacial score (nSPS) is 17.5. The van der Waals surface area contributed by atoms with Crippen LogP contribution in [0.5, 0.6) is 17.4 Å². The van der Waals surface area contributed by atoms with Gasteiger partial charge in [0.25, 0.3) is 11.8 Å². The molecule has 3 aromatic rings. The van der Waals surface area contributed by atoms with Crippen molar-refractivity contribution in [1.82, 2.24) is 15.1 Å². The molecule has 0 aliphatic carbocycles. The molecule has 38 heavy (non-hydrogen) atoms. The van der Waals surface area contributed by atoms with E-state index in [9.17, 15) is 22.8 Å². The van der Waals surface area contributed by atoms with Gasteiger partial charge in [-0.1, -0.05) is 0 Å². The van der Waals surface area contributed by atoms with Crippen LogP contribution in [0.3, 0.4) is 0 Å². The number of benzene rings is 2. The molecule has 1 N–H and O–H groups in total. The molecule has 4 rings (SSSR count). The van der Waals surface area contributed by atoms with Gasteiger partial charge < -0.3 is 24.4 Å². The summed E-state index contributed by atoms with van der Waals surface area (Å²) in [5.74, 6) is -5.32. The summed E-state index contributed by atoms with van der Waals surface area (Å²) in [6.07, 6.45) is -3.45. The van der Waals surface area contributed by atoms with Crippen LogP contribution in [0.4, 0.5) is 27.6 Å². The van der Waals surface area contributed by atoms with Crippen LogP contribution in [0.1, 0.15) is 21.8 Å². The Kier molecular flexibility index (Phi) is 7.16. The Bertz CT molecular complexity index is 1340. The van der Waals surface area contributed by atoms with Gasteiger partial charge in [-0.05, 0) is 24.3 Å². The second kappa shape index (κ2) is 10.2. The number of carbonyl (C=O) groups excluding carboxylic acids is 2. The van der Waals surface area contributed by atoms with Crippen LogP contribution in [0.15, 0.2) is 42.6 Å². The highest BCUT2D eigenvalue weighted by Crippen LogP contribution is 2.39. The van der Waals surface area contributed by atoms with Crippen LogP contribution in [0.25, 0.3) is 0 Å². The number of amides is 2. The number of hydrogen-bond donors (Lipinski definition) is 1. The second-order valence-electron chi connectivity index (χ2n) is 8.28. The van der Waals surface area contributed by atoms with E-state index < -0.39 is 53.1 Å². The smallest absolute Gasteiger partial charge is 0.497 e. The van der Waals surface area contributed by atoms with Crippen molar-refractivity contribution in [3.63, 3.8) is 0 Å². The number of carbonyl (C=O) groups is 2. The number of hydrogen-bond acceptors (Lipinski definition) is 6. The average Bonchev–Trinajstić information content (AvgIpc) is 3.37. The zero-order valence-electron chi connectivity index (χ0n) is 20.2. The molecule has 1 saturated heterocycles. The first-order chi connectivity index (χ1) is 17.9. The topological polar surface area (TPSA) is 94.9 Å². The molecular formula is C24H21F5N4O5. The Morgan fingerprint density at radius 3 is 2.24 bits per heavy atom. The van der Waals surface area contributed by atoms with Gasteiger partial charge >= 0.3 is 6.36 Å². The summed E-state index contributed by atoms with van der Waals surface area (Å²) in [6, 6.07) is 4.42. The van der Waals surface area contributed by atoms with E-state index in [2.05, 4.69) is 15.2 Å². The van der Waals surface area contributed by atoms with Gasteiger partial charge in [0.2, 0.25) is 5.91 Å². The van der Waals surface area contributed by atoms with Crippen molar-refractivity contribution in [3.8, 4) is 17.4 Å². The van der Waals surface area contributed by atoms with Crippen molar-refractivity contribution in [1.29, 1.82) is 0 Å². The van der Waals surface area contributed by atoms with Crippen molar-refractivity contribution in [2.75, 3.05) is 25.7 Å². The Balaban J connectivity index is 1.69. The van der Waals surface area contributed by atoms with Gasteiger partial charge in [-0.25, -0.2) is 8.78 Å². The first kappa shape index (κ1) is 26.7. The molecule has 1 aromatic heterocycles. The maximum atomic E-state index is 15.1. The van der Waals surface area contributed by atoms with Crippen molar-refractivity contribution in [2.45, 2.75) is 18.3 Å². The molecule has 1 aliphatic rings. The number of aromatic nitrogens is 2. The molecule has 0 radical (unpaired) electrons. The summed E-state index contributed by atoms with van der Waals surface area (Å²) < 4.78 is 82.7. The number of ether oxygens (including phenoxy) is 3. The van der Waals surface area contributed by atoms with E-state index in [-0.39, 0.29) is 29.4 Å². The maximum Gasteiger partial charge on any atom is 0.573 e. The van der Waals surface area contributed by atoms with Gasteiger partial charge in [0.05, 0.1) is 20.4 Å². The minimum Gasteiger partial charge on any atom is -0.497 e. The van der Waals surface area contributed by atoms with Crippen molar-refractivity contribution in [2.24, 2.45) is 7.05 Å². The van der Waals surface area contributed by atoms with E-state index in [0.717, 1.165) is 36.4 Å². The Hall–Kier alpha value is -4.36. The first-order valence-electron chi connectivity index (χ1n) is 11.0. The summed E-state index contributed by atoms with van der Waals surface area (Å²) in [5.41, 5.74) is -0.354. The van der Waals surface area contributed by atoms with Crippen LogP contribution in [0, 0.1) is 11.6 Å². The predicted octanol–water partition coefficient (Wildman–Crippen LogP) is 3.54. The number of alkyl halides is 3. The molecule has 0 unspecified atom stereocenters. The number of anilines is 1. The molecule has 9 nitrogen and oxygen atoms in total. The van der Waals surface area contributed by atoms with Crippen LogP contribution in [-0.2, 0) is 11.8 Å². The largest absolute Gasteiger partial charge is 0.573 e. The number of aryl methyl sites for hydroxylation is 1. The zero-order valence-corrected chi connectivity index (χ0v) is 20.2. The van der Waals surface area contributed by atoms with Gasteiger partial charge in [-0.15, -0.1) is 18.3 Å². The lowest BCUT2D eigenvalue weighted by molar-refractivity contribution is -0.274. The van der Waals surface area contributed by atoms with Gasteiger partial charge in [-0.2, -0.15) is 0 Å². The summed E-state index contributed by atoms with van der Waals surface area (Å²) in [6.45, 7) is -0.246. The predicted molar refractivity (Wildman–Crippen MR) is 122 cm³/mol. The molecule has 2 atom stereocenters. The van der Waals surface area contributed by atoms with Crippen LogP contribution in [-0.4, -0.2) is 54.8 Å². The lowest BCUT2D eigenvalue weighted by Gasteiger charge is -2.20. The van der Waals surface area contributed by atoms with Crippen LogP contribution < -0.4 is 24.4 Å². The summed E-state index contributed by atoms with van der Waals surface area (Å²) in [5, 5.41) is 6.55. The monoisotopic (exact) mass is 540 g/mol. The van der Waals surface area contributed by atoms with Gasteiger partial charge in [0, 0.05) is 42.8 Å². The van der Waals surface area contributed by atoms with E-state index in [1.54, 1.807) is 7.05 Å². The summed E-state index contributed by atoms with van der Waals surface area (Å²) >= 11 is 0. The lowest BCUT2D eigenvalue weighted by Crippen LogP contribution is -2.44. The molecule has 14 heteroatoms. The third-order valence-corrected chi connectivity index (χ3v) is 5.87. The van der Waals surface area contributed by atoms with E-state index in [0.29, 0.717) is 0 Å². The standard InChI is InChI=1S/C24H21F5N4O5/c1-32-11-18(22(31-32)37-3)33-10-15(19-16(25)8-14(36-2)9-17(19)26)20(23(33)35)30-21(34)12-4-6-13(7-5-12)38-24(27,28)29/h4-9,11,15,20H,10H2,1-3H3,(H,30,34)/t15-,20-/m0/s1. The van der Waals surface area contributed by atoms with Gasteiger partial charge in [0.15, 0.2) is 0 Å². The SMILES string of the molecule is COc1cc(F)c([C@@H]2CN(c3cn(C)nc3OC)C(=O)[C@H]2NC(=O)c2ccc(OC(F)(F)F)cc2)c(F)c1. The second-order valence-corrected chi connectivity index (χ2v) is 8.28. The van der Waals surface area contributed by atoms with Crippen molar-refractivity contribution in [3.05, 3.63) is 65.4 Å². The minimum atomic E-state index is -4.92. The minimum absolute atomic E-state index is 0.0718. The number of rotatable bonds is 7. The number of methoxy groups -OCH3 is 2. The van der Waals surface area contributed by atoms with E-state index in [4.69, 9.17) is 9.47 Å². The fraction of sp³-hybridized carbons (Fsp3) is 0.292. The molecule has 2 amide bonds. The van der Waals surface area contributed by atoms with Crippen molar-refractivity contribution < 1.29 is 45.8 Å². The molecule has 0 saturated carbocycles. The fourth-order valence-corrected chi connectivity index (χ4v) is 4.22. The molecule has 0 bridgehead atoms. The average molecular weight is 540 g/mol. The lowest BCUT2D eigenvalue weighted by atomic mass is 9.92. The zero-order chi connectivity index (χ0) is 27.8. The van der Waals surface area contributed by atoms with Gasteiger partial charge in [-0.3, -0.25) is 14.3 Å². The highest BCUT2D eigenvalue weighted by Gasteiger charge is 2.46. The number of nitrogens with one attached hydrogen (secondary N) is 1. The highest BCUT2D eigenvalue weighted by atomic mass is 19.4. The summed E-state index contributed by atoms with van der Waals surface area (Å²) in [4.78, 5) is 27.6. The van der Waals surface area contributed by atoms with E-state index in [1.807, 2.05) is 0 Å². The molecule has 2 heterocycles. The third kappa shape index (κ3) is 5.33. The molecule has 1 fully saturated rings. The van der Waals surface area contributed by atoms with Crippen molar-refractivity contribution >= 4 is 17.5 Å². The molecule has 2 aromatic carbocycles. The Morgan fingerprint density at radius 2 is 1.68 bits per heavy atom. The number of halogens is 5. The summed E-state index contributed by atoms with van der Waals surface area (Å²) in [7, 11) is 4.15. The Labute approximate surface area is 212 Å². The highest BCUT2D eigenvalue weighted by molar-refractivity contribution is 6.05. The van der Waals surface area contributed by atoms with Crippen LogP contribution in [0.2, 0.25) is 0 Å². The maximum absolute atomic E-state index is 15.1. The Morgan fingerprint density at radius 1 is 1.05 bits per heavy atom.